The van der Waals surface area contributed by atoms with Crippen LogP contribution in [-0.2, 0) is 17.6 Å². The zero-order valence-electron chi connectivity index (χ0n) is 19.9. The summed E-state index contributed by atoms with van der Waals surface area (Å²) in [5.41, 5.74) is 5.44. The van der Waals surface area contributed by atoms with Crippen molar-refractivity contribution in [2.24, 2.45) is 0 Å². The number of hydrogen-bond donors (Lipinski definition) is 1. The Morgan fingerprint density at radius 1 is 0.912 bits per heavy atom. The topological polar surface area (TPSA) is 42.0 Å². The third-order valence-electron chi connectivity index (χ3n) is 5.35. The molecule has 4 aromatic rings. The zero-order valence-corrected chi connectivity index (χ0v) is 21.5. The van der Waals surface area contributed by atoms with Crippen LogP contribution in [0, 0.1) is 0 Å². The van der Waals surface area contributed by atoms with Gasteiger partial charge in [0.2, 0.25) is 5.91 Å². The van der Waals surface area contributed by atoms with Crippen molar-refractivity contribution in [2.75, 3.05) is 5.32 Å². The molecule has 174 valence electrons. The van der Waals surface area contributed by atoms with Crippen molar-refractivity contribution in [3.8, 4) is 22.4 Å². The van der Waals surface area contributed by atoms with Crippen LogP contribution in [0.3, 0.4) is 0 Å². The third-order valence-corrected chi connectivity index (χ3v) is 7.39. The first-order chi connectivity index (χ1) is 16.5. The normalized spacial score (nSPS) is 11.1. The fourth-order valence-corrected chi connectivity index (χ4v) is 5.72. The summed E-state index contributed by atoms with van der Waals surface area (Å²) in [7, 11) is 0. The molecule has 34 heavy (non-hydrogen) atoms. The molecule has 0 aliphatic heterocycles. The van der Waals surface area contributed by atoms with Gasteiger partial charge >= 0.3 is 0 Å². The molecule has 0 saturated carbocycles. The highest BCUT2D eigenvalue weighted by atomic mass is 32.2. The SMILES string of the molecule is CCCc1sc(NC(=O)Cc2ccc(SC(C)C)cc2)nc1-c1ccc(-c2ccccc2)cc1. The van der Waals surface area contributed by atoms with Gasteiger partial charge in [-0.3, -0.25) is 4.79 Å². The second kappa shape index (κ2) is 11.5. The summed E-state index contributed by atoms with van der Waals surface area (Å²) in [5, 5.41) is 4.24. The summed E-state index contributed by atoms with van der Waals surface area (Å²) < 4.78 is 0. The Balaban J connectivity index is 1.47. The molecule has 1 heterocycles. The number of thioether (sulfide) groups is 1. The van der Waals surface area contributed by atoms with E-state index < -0.39 is 0 Å². The van der Waals surface area contributed by atoms with Crippen molar-refractivity contribution < 1.29 is 4.79 Å². The minimum atomic E-state index is -0.0352. The Hall–Kier alpha value is -2.89. The second-order valence-corrected chi connectivity index (χ2v) is 11.3. The Morgan fingerprint density at radius 3 is 2.21 bits per heavy atom. The quantitative estimate of drug-likeness (QED) is 0.243. The molecule has 0 fully saturated rings. The van der Waals surface area contributed by atoms with Gasteiger partial charge in [-0.1, -0.05) is 93.9 Å². The van der Waals surface area contributed by atoms with Crippen LogP contribution in [0.25, 0.3) is 22.4 Å². The van der Waals surface area contributed by atoms with Crippen molar-refractivity contribution >= 4 is 34.1 Å². The Kier molecular flexibility index (Phi) is 8.20. The van der Waals surface area contributed by atoms with E-state index in [1.165, 1.54) is 20.9 Å². The Morgan fingerprint density at radius 2 is 1.56 bits per heavy atom. The molecule has 0 aliphatic rings. The molecule has 0 radical (unpaired) electrons. The monoisotopic (exact) mass is 486 g/mol. The number of benzene rings is 3. The lowest BCUT2D eigenvalue weighted by atomic mass is 10.0. The number of nitrogens with one attached hydrogen (secondary N) is 1. The van der Waals surface area contributed by atoms with Gasteiger partial charge in [0.1, 0.15) is 0 Å². The van der Waals surface area contributed by atoms with E-state index in [1.807, 2.05) is 30.0 Å². The van der Waals surface area contributed by atoms with Gasteiger partial charge in [-0.25, -0.2) is 4.98 Å². The summed E-state index contributed by atoms with van der Waals surface area (Å²) in [4.78, 5) is 20.0. The lowest BCUT2D eigenvalue weighted by Crippen LogP contribution is -2.14. The minimum absolute atomic E-state index is 0.0352. The molecule has 0 atom stereocenters. The van der Waals surface area contributed by atoms with E-state index >= 15 is 0 Å². The zero-order chi connectivity index (χ0) is 23.9. The van der Waals surface area contributed by atoms with Crippen molar-refractivity contribution in [3.63, 3.8) is 0 Å². The highest BCUT2D eigenvalue weighted by Gasteiger charge is 2.15. The van der Waals surface area contributed by atoms with E-state index in [0.29, 0.717) is 16.8 Å². The first-order valence-electron chi connectivity index (χ1n) is 11.7. The van der Waals surface area contributed by atoms with E-state index in [4.69, 9.17) is 4.98 Å². The Labute approximate surface area is 210 Å². The van der Waals surface area contributed by atoms with Crippen LogP contribution in [0.5, 0.6) is 0 Å². The summed E-state index contributed by atoms with van der Waals surface area (Å²) >= 11 is 3.41. The molecular weight excluding hydrogens is 456 g/mol. The van der Waals surface area contributed by atoms with Gasteiger partial charge in [0, 0.05) is 20.6 Å². The lowest BCUT2D eigenvalue weighted by molar-refractivity contribution is -0.115. The molecular formula is C29H30N2OS2. The average Bonchev–Trinajstić information content (AvgIpc) is 3.23. The third kappa shape index (κ3) is 6.37. The molecule has 0 unspecified atom stereocenters. The van der Waals surface area contributed by atoms with Crippen LogP contribution in [0.15, 0.2) is 83.8 Å². The maximum absolute atomic E-state index is 12.7. The van der Waals surface area contributed by atoms with Crippen LogP contribution in [0.1, 0.15) is 37.6 Å². The van der Waals surface area contributed by atoms with Crippen molar-refractivity contribution in [1.29, 1.82) is 0 Å². The molecule has 3 nitrogen and oxygen atoms in total. The number of anilines is 1. The number of thiazole rings is 1. The average molecular weight is 487 g/mol. The van der Waals surface area contributed by atoms with Crippen molar-refractivity contribution in [2.45, 2.75) is 50.2 Å². The first kappa shape index (κ1) is 24.2. The van der Waals surface area contributed by atoms with E-state index in [2.05, 4.69) is 86.8 Å². The molecule has 3 aromatic carbocycles. The smallest absolute Gasteiger partial charge is 0.230 e. The molecule has 1 N–H and O–H groups in total. The summed E-state index contributed by atoms with van der Waals surface area (Å²) in [6, 6.07) is 27.1. The number of aromatic nitrogens is 1. The van der Waals surface area contributed by atoms with Crippen LogP contribution in [-0.4, -0.2) is 16.1 Å². The predicted octanol–water partition coefficient (Wildman–Crippen LogP) is 8.11. The molecule has 0 bridgehead atoms. The van der Waals surface area contributed by atoms with Crippen LogP contribution in [0.2, 0.25) is 0 Å². The fourth-order valence-electron chi connectivity index (χ4n) is 3.79. The Bertz CT molecular complexity index is 1210. The number of carbonyl (C=O) groups is 1. The summed E-state index contributed by atoms with van der Waals surface area (Å²) in [6.07, 6.45) is 2.32. The second-order valence-electron chi connectivity index (χ2n) is 8.52. The number of hydrogen-bond acceptors (Lipinski definition) is 4. The number of aryl methyl sites for hydroxylation is 1. The highest BCUT2D eigenvalue weighted by molar-refractivity contribution is 7.99. The predicted molar refractivity (Wildman–Crippen MR) is 147 cm³/mol. The minimum Gasteiger partial charge on any atom is -0.302 e. The maximum Gasteiger partial charge on any atom is 0.230 e. The standard InChI is InChI=1S/C29H30N2OS2/c1-4-8-26-28(24-15-13-23(14-16-24)22-9-6-5-7-10-22)31-29(34-26)30-27(32)19-21-11-17-25(18-12-21)33-20(2)3/h5-7,9-18,20H,4,8,19H2,1-3H3,(H,30,31,32). The molecule has 0 saturated heterocycles. The largest absolute Gasteiger partial charge is 0.302 e. The van der Waals surface area contributed by atoms with Gasteiger partial charge in [-0.2, -0.15) is 0 Å². The number of carbonyl (C=O) groups excluding carboxylic acids is 1. The molecule has 1 amide bonds. The van der Waals surface area contributed by atoms with Gasteiger partial charge in [0.05, 0.1) is 12.1 Å². The van der Waals surface area contributed by atoms with Crippen LogP contribution >= 0.6 is 23.1 Å². The van der Waals surface area contributed by atoms with Gasteiger partial charge in [-0.05, 0) is 35.2 Å². The van der Waals surface area contributed by atoms with Crippen LogP contribution < -0.4 is 5.32 Å². The summed E-state index contributed by atoms with van der Waals surface area (Å²) in [5.74, 6) is -0.0352. The van der Waals surface area contributed by atoms with Crippen LogP contribution in [0.4, 0.5) is 5.13 Å². The molecule has 5 heteroatoms. The van der Waals surface area contributed by atoms with Gasteiger partial charge < -0.3 is 5.32 Å². The first-order valence-corrected chi connectivity index (χ1v) is 13.4. The van der Waals surface area contributed by atoms with E-state index in [0.717, 1.165) is 29.7 Å². The number of nitrogens with zero attached hydrogens (tertiary/aromatic N) is 1. The molecule has 0 spiro atoms. The van der Waals surface area contributed by atoms with Gasteiger partial charge in [-0.15, -0.1) is 23.1 Å². The maximum atomic E-state index is 12.7. The molecule has 1 aromatic heterocycles. The highest BCUT2D eigenvalue weighted by Crippen LogP contribution is 2.33. The van der Waals surface area contributed by atoms with Crippen molar-refractivity contribution in [3.05, 3.63) is 89.3 Å². The van der Waals surface area contributed by atoms with Gasteiger partial charge in [0.15, 0.2) is 5.13 Å². The fraction of sp³-hybridized carbons (Fsp3) is 0.241. The molecule has 4 rings (SSSR count). The lowest BCUT2D eigenvalue weighted by Gasteiger charge is -2.06. The van der Waals surface area contributed by atoms with Crippen molar-refractivity contribution in [1.82, 2.24) is 4.98 Å². The number of amides is 1. The summed E-state index contributed by atoms with van der Waals surface area (Å²) in [6.45, 7) is 6.53. The van der Waals surface area contributed by atoms with E-state index in [1.54, 1.807) is 11.3 Å². The van der Waals surface area contributed by atoms with E-state index in [-0.39, 0.29) is 5.91 Å². The number of rotatable bonds is 9. The van der Waals surface area contributed by atoms with Gasteiger partial charge in [0.25, 0.3) is 0 Å². The van der Waals surface area contributed by atoms with E-state index in [9.17, 15) is 4.79 Å². The molecule has 0 aliphatic carbocycles.